The number of benzene rings is 1. The third-order valence-corrected chi connectivity index (χ3v) is 2.32. The average molecular weight is 176 g/mol. The molecular formula is C10H12N2O. The second-order valence-corrected chi connectivity index (χ2v) is 3.49. The van der Waals surface area contributed by atoms with Crippen molar-refractivity contribution < 1.29 is 4.79 Å². The van der Waals surface area contributed by atoms with Gasteiger partial charge in [0.1, 0.15) is 0 Å². The van der Waals surface area contributed by atoms with Gasteiger partial charge in [-0.05, 0) is 37.1 Å². The predicted molar refractivity (Wildman–Crippen MR) is 51.7 cm³/mol. The molecule has 1 aromatic carbocycles. The van der Waals surface area contributed by atoms with Crippen molar-refractivity contribution in [2.75, 3.05) is 5.32 Å². The molecule has 1 heterocycles. The number of rotatable bonds is 1. The topological polar surface area (TPSA) is 55.1 Å². The number of hydrogen-bond donors (Lipinski definition) is 2. The Bertz CT molecular complexity index is 360. The molecule has 1 aliphatic rings. The van der Waals surface area contributed by atoms with Crippen molar-refractivity contribution >= 4 is 11.6 Å². The highest BCUT2D eigenvalue weighted by molar-refractivity contribution is 5.93. The van der Waals surface area contributed by atoms with Crippen LogP contribution in [0.15, 0.2) is 18.2 Å². The Morgan fingerprint density at radius 3 is 3.08 bits per heavy atom. The third-order valence-electron chi connectivity index (χ3n) is 2.32. The van der Waals surface area contributed by atoms with Gasteiger partial charge in [0.05, 0.1) is 0 Å². The zero-order valence-corrected chi connectivity index (χ0v) is 7.50. The molecule has 0 radical (unpaired) electrons. The smallest absolute Gasteiger partial charge is 0.248 e. The molecule has 0 saturated heterocycles. The molecule has 1 aromatic rings. The minimum absolute atomic E-state index is 0.359. The molecular weight excluding hydrogens is 164 g/mol. The number of carbonyl (C=O) groups is 1. The lowest BCUT2D eigenvalue weighted by molar-refractivity contribution is 0.1000. The molecule has 0 saturated carbocycles. The monoisotopic (exact) mass is 176 g/mol. The van der Waals surface area contributed by atoms with E-state index in [4.69, 9.17) is 5.73 Å². The van der Waals surface area contributed by atoms with Gasteiger partial charge in [-0.3, -0.25) is 4.79 Å². The summed E-state index contributed by atoms with van der Waals surface area (Å²) in [7, 11) is 0. The van der Waals surface area contributed by atoms with E-state index in [0.29, 0.717) is 11.6 Å². The number of hydrogen-bond acceptors (Lipinski definition) is 2. The molecule has 0 aromatic heterocycles. The summed E-state index contributed by atoms with van der Waals surface area (Å²) in [5, 5.41) is 3.31. The van der Waals surface area contributed by atoms with E-state index in [0.717, 1.165) is 12.1 Å². The zero-order chi connectivity index (χ0) is 9.42. The lowest BCUT2D eigenvalue weighted by Crippen LogP contribution is -2.10. The van der Waals surface area contributed by atoms with Gasteiger partial charge in [0, 0.05) is 17.3 Å². The number of nitrogens with one attached hydrogen (secondary N) is 1. The SMILES string of the molecule is C[C@@H]1Cc2cc(C(N)=O)ccc2N1. The van der Waals surface area contributed by atoms with Crippen LogP contribution in [0.2, 0.25) is 0 Å². The number of anilines is 1. The van der Waals surface area contributed by atoms with Gasteiger partial charge < -0.3 is 11.1 Å². The summed E-state index contributed by atoms with van der Waals surface area (Å²) in [4.78, 5) is 10.9. The number of primary amides is 1. The highest BCUT2D eigenvalue weighted by Gasteiger charge is 2.17. The van der Waals surface area contributed by atoms with Gasteiger partial charge in [-0.1, -0.05) is 0 Å². The van der Waals surface area contributed by atoms with E-state index >= 15 is 0 Å². The fourth-order valence-electron chi connectivity index (χ4n) is 1.70. The first-order chi connectivity index (χ1) is 6.16. The van der Waals surface area contributed by atoms with Crippen molar-refractivity contribution in [2.45, 2.75) is 19.4 Å². The van der Waals surface area contributed by atoms with Crippen LogP contribution in [0.5, 0.6) is 0 Å². The molecule has 3 nitrogen and oxygen atoms in total. The zero-order valence-electron chi connectivity index (χ0n) is 7.50. The van der Waals surface area contributed by atoms with E-state index in [-0.39, 0.29) is 5.91 Å². The molecule has 0 bridgehead atoms. The van der Waals surface area contributed by atoms with Crippen LogP contribution in [0.1, 0.15) is 22.8 Å². The lowest BCUT2D eigenvalue weighted by atomic mass is 10.1. The summed E-state index contributed by atoms with van der Waals surface area (Å²) in [5.74, 6) is -0.359. The van der Waals surface area contributed by atoms with E-state index in [1.807, 2.05) is 12.1 Å². The molecule has 0 spiro atoms. The summed E-state index contributed by atoms with van der Waals surface area (Å²) in [6.07, 6.45) is 0.969. The first-order valence-electron chi connectivity index (χ1n) is 4.36. The highest BCUT2D eigenvalue weighted by atomic mass is 16.1. The molecule has 0 fully saturated rings. The van der Waals surface area contributed by atoms with Crippen molar-refractivity contribution in [1.82, 2.24) is 0 Å². The van der Waals surface area contributed by atoms with Crippen molar-refractivity contribution in [1.29, 1.82) is 0 Å². The van der Waals surface area contributed by atoms with Crippen molar-refractivity contribution in [3.63, 3.8) is 0 Å². The largest absolute Gasteiger partial charge is 0.382 e. The Kier molecular flexibility index (Phi) is 1.72. The summed E-state index contributed by atoms with van der Waals surface area (Å²) in [6.45, 7) is 2.12. The first kappa shape index (κ1) is 8.10. The van der Waals surface area contributed by atoms with Gasteiger partial charge >= 0.3 is 0 Å². The molecule has 1 atom stereocenters. The van der Waals surface area contributed by atoms with Crippen molar-refractivity contribution in [2.24, 2.45) is 5.73 Å². The number of amides is 1. The Hall–Kier alpha value is -1.51. The maximum Gasteiger partial charge on any atom is 0.248 e. The van der Waals surface area contributed by atoms with Crippen LogP contribution in [0, 0.1) is 0 Å². The summed E-state index contributed by atoms with van der Waals surface area (Å²) in [5.41, 5.74) is 8.08. The van der Waals surface area contributed by atoms with E-state index in [2.05, 4.69) is 12.2 Å². The summed E-state index contributed by atoms with van der Waals surface area (Å²) >= 11 is 0. The number of carbonyl (C=O) groups excluding carboxylic acids is 1. The third kappa shape index (κ3) is 1.37. The molecule has 1 aliphatic heterocycles. The molecule has 1 amide bonds. The molecule has 13 heavy (non-hydrogen) atoms. The van der Waals surface area contributed by atoms with Gasteiger partial charge in [0.15, 0.2) is 0 Å². The normalized spacial score (nSPS) is 19.3. The second kappa shape index (κ2) is 2.76. The van der Waals surface area contributed by atoms with Gasteiger partial charge in [-0.2, -0.15) is 0 Å². The van der Waals surface area contributed by atoms with Crippen LogP contribution in [-0.4, -0.2) is 11.9 Å². The maximum atomic E-state index is 10.9. The molecule has 0 unspecified atom stereocenters. The Balaban J connectivity index is 2.40. The standard InChI is InChI=1S/C10H12N2O/c1-6-4-8-5-7(10(11)13)2-3-9(8)12-6/h2-3,5-6,12H,4H2,1H3,(H2,11,13)/t6-/m1/s1. The van der Waals surface area contributed by atoms with Crippen molar-refractivity contribution in [3.05, 3.63) is 29.3 Å². The van der Waals surface area contributed by atoms with E-state index in [1.165, 1.54) is 5.56 Å². The van der Waals surface area contributed by atoms with Crippen LogP contribution >= 0.6 is 0 Å². The second-order valence-electron chi connectivity index (χ2n) is 3.49. The van der Waals surface area contributed by atoms with Crippen molar-refractivity contribution in [3.8, 4) is 0 Å². The Morgan fingerprint density at radius 2 is 2.38 bits per heavy atom. The molecule has 0 aliphatic carbocycles. The highest BCUT2D eigenvalue weighted by Crippen LogP contribution is 2.26. The van der Waals surface area contributed by atoms with Gasteiger partial charge in [-0.25, -0.2) is 0 Å². The molecule has 3 heteroatoms. The quantitative estimate of drug-likeness (QED) is 0.674. The fourth-order valence-corrected chi connectivity index (χ4v) is 1.70. The van der Waals surface area contributed by atoms with Crippen LogP contribution in [0.3, 0.4) is 0 Å². The first-order valence-corrected chi connectivity index (χ1v) is 4.36. The lowest BCUT2D eigenvalue weighted by Gasteiger charge is -2.01. The van der Waals surface area contributed by atoms with Gasteiger partial charge in [-0.15, -0.1) is 0 Å². The summed E-state index contributed by atoms with van der Waals surface area (Å²) < 4.78 is 0. The van der Waals surface area contributed by atoms with Crippen LogP contribution in [0.25, 0.3) is 0 Å². The van der Waals surface area contributed by atoms with E-state index in [1.54, 1.807) is 6.07 Å². The fraction of sp³-hybridized carbons (Fsp3) is 0.300. The molecule has 68 valence electrons. The number of fused-ring (bicyclic) bond motifs is 1. The predicted octanol–water partition coefficient (Wildman–Crippen LogP) is 1.14. The Labute approximate surface area is 76.9 Å². The summed E-state index contributed by atoms with van der Waals surface area (Å²) in [6, 6.07) is 6.00. The van der Waals surface area contributed by atoms with Gasteiger partial charge in [0.2, 0.25) is 5.91 Å². The minimum Gasteiger partial charge on any atom is -0.382 e. The average Bonchev–Trinajstić information content (AvgIpc) is 2.42. The van der Waals surface area contributed by atoms with Crippen LogP contribution in [-0.2, 0) is 6.42 Å². The Morgan fingerprint density at radius 1 is 1.62 bits per heavy atom. The minimum atomic E-state index is -0.359. The number of nitrogens with two attached hydrogens (primary N) is 1. The maximum absolute atomic E-state index is 10.9. The van der Waals surface area contributed by atoms with Crippen LogP contribution in [0.4, 0.5) is 5.69 Å². The van der Waals surface area contributed by atoms with Crippen LogP contribution < -0.4 is 11.1 Å². The van der Waals surface area contributed by atoms with E-state index < -0.39 is 0 Å². The molecule has 3 N–H and O–H groups in total. The molecule has 2 rings (SSSR count). The van der Waals surface area contributed by atoms with E-state index in [9.17, 15) is 4.79 Å². The van der Waals surface area contributed by atoms with Gasteiger partial charge in [0.25, 0.3) is 0 Å².